The highest BCUT2D eigenvalue weighted by atomic mass is 79.9. The van der Waals surface area contributed by atoms with Crippen LogP contribution in [0.25, 0.3) is 0 Å². The van der Waals surface area contributed by atoms with Crippen LogP contribution in [0.5, 0.6) is 0 Å². The molecule has 1 aromatic heterocycles. The lowest BCUT2D eigenvalue weighted by Crippen LogP contribution is -2.28. The number of nitrogens with zero attached hydrogens (tertiary/aromatic N) is 1. The third-order valence-electron chi connectivity index (χ3n) is 3.80. The molecule has 3 nitrogen and oxygen atoms in total. The molecular weight excluding hydrogens is 294 g/mol. The second kappa shape index (κ2) is 5.83. The molecule has 0 spiro atoms. The van der Waals surface area contributed by atoms with E-state index in [0.29, 0.717) is 16.1 Å². The predicted octanol–water partition coefficient (Wildman–Crippen LogP) is 3.83. The molecule has 0 radical (unpaired) electrons. The van der Waals surface area contributed by atoms with E-state index >= 15 is 0 Å². The fraction of sp³-hybridized carbons (Fsp3) is 0.571. The van der Waals surface area contributed by atoms with E-state index < -0.39 is 0 Å². The van der Waals surface area contributed by atoms with Crippen molar-refractivity contribution in [1.82, 2.24) is 4.98 Å². The van der Waals surface area contributed by atoms with Crippen molar-refractivity contribution in [1.29, 1.82) is 0 Å². The van der Waals surface area contributed by atoms with E-state index in [1.54, 1.807) is 18.3 Å². The molecule has 1 aromatic rings. The van der Waals surface area contributed by atoms with Crippen LogP contribution in [0.3, 0.4) is 0 Å². The summed E-state index contributed by atoms with van der Waals surface area (Å²) in [5.41, 5.74) is 0.503. The fourth-order valence-electron chi connectivity index (χ4n) is 2.36. The molecule has 1 heterocycles. The van der Waals surface area contributed by atoms with Crippen LogP contribution in [-0.2, 0) is 4.74 Å². The van der Waals surface area contributed by atoms with E-state index in [9.17, 15) is 4.79 Å². The molecule has 0 amide bonds. The molecule has 1 fully saturated rings. The van der Waals surface area contributed by atoms with Gasteiger partial charge in [-0.2, -0.15) is 0 Å². The smallest absolute Gasteiger partial charge is 0.341 e. The first kappa shape index (κ1) is 13.5. The molecule has 1 aliphatic carbocycles. The van der Waals surface area contributed by atoms with Gasteiger partial charge in [0.1, 0.15) is 10.7 Å². The highest BCUT2D eigenvalue weighted by Crippen LogP contribution is 2.31. The number of hydrogen-bond donors (Lipinski definition) is 0. The normalized spacial score (nSPS) is 27.8. The Morgan fingerprint density at radius 1 is 1.39 bits per heavy atom. The number of esters is 1. The third kappa shape index (κ3) is 3.10. The highest BCUT2D eigenvalue weighted by Gasteiger charge is 2.27. The summed E-state index contributed by atoms with van der Waals surface area (Å²) in [7, 11) is 0. The first-order valence-electron chi connectivity index (χ1n) is 6.39. The van der Waals surface area contributed by atoms with Gasteiger partial charge in [-0.1, -0.05) is 13.8 Å². The van der Waals surface area contributed by atoms with Gasteiger partial charge in [-0.25, -0.2) is 9.78 Å². The molecule has 0 aromatic carbocycles. The zero-order valence-electron chi connectivity index (χ0n) is 10.7. The van der Waals surface area contributed by atoms with Crippen LogP contribution in [0.4, 0.5) is 0 Å². The molecule has 0 N–H and O–H groups in total. The first-order valence-corrected chi connectivity index (χ1v) is 7.18. The molecule has 2 rings (SSSR count). The summed E-state index contributed by atoms with van der Waals surface area (Å²) in [6.45, 7) is 4.49. The summed E-state index contributed by atoms with van der Waals surface area (Å²) in [6, 6.07) is 3.47. The Morgan fingerprint density at radius 2 is 2.17 bits per heavy atom. The number of carbonyl (C=O) groups is 1. The maximum Gasteiger partial charge on any atom is 0.341 e. The molecule has 3 unspecified atom stereocenters. The Kier molecular flexibility index (Phi) is 4.38. The highest BCUT2D eigenvalue weighted by molar-refractivity contribution is 9.10. The first-order chi connectivity index (χ1) is 8.58. The summed E-state index contributed by atoms with van der Waals surface area (Å²) < 4.78 is 6.12. The number of aromatic nitrogens is 1. The average Bonchev–Trinajstić information content (AvgIpc) is 2.34. The van der Waals surface area contributed by atoms with Gasteiger partial charge in [0.25, 0.3) is 0 Å². The second-order valence-electron chi connectivity index (χ2n) is 5.14. The minimum Gasteiger partial charge on any atom is -0.459 e. The van der Waals surface area contributed by atoms with Gasteiger partial charge in [-0.05, 0) is 59.2 Å². The summed E-state index contributed by atoms with van der Waals surface area (Å²) in [5, 5.41) is 0. The number of hydrogen-bond acceptors (Lipinski definition) is 3. The molecule has 0 saturated heterocycles. The zero-order chi connectivity index (χ0) is 13.1. The van der Waals surface area contributed by atoms with Crippen LogP contribution >= 0.6 is 15.9 Å². The van der Waals surface area contributed by atoms with Gasteiger partial charge in [0.15, 0.2) is 0 Å². The van der Waals surface area contributed by atoms with Gasteiger partial charge in [-0.3, -0.25) is 0 Å². The van der Waals surface area contributed by atoms with Crippen molar-refractivity contribution in [2.45, 2.75) is 39.2 Å². The SMILES string of the molecule is CC1CCC(OC(=O)c2cccnc2Br)CC1C. The number of ether oxygens (including phenoxy) is 1. The van der Waals surface area contributed by atoms with E-state index in [4.69, 9.17) is 4.74 Å². The molecular formula is C14H18BrNO2. The fourth-order valence-corrected chi connectivity index (χ4v) is 2.77. The zero-order valence-corrected chi connectivity index (χ0v) is 12.3. The van der Waals surface area contributed by atoms with Crippen molar-refractivity contribution in [2.24, 2.45) is 11.8 Å². The summed E-state index contributed by atoms with van der Waals surface area (Å²) in [5.74, 6) is 1.07. The Labute approximate surface area is 116 Å². The van der Waals surface area contributed by atoms with Gasteiger partial charge >= 0.3 is 5.97 Å². The van der Waals surface area contributed by atoms with Crippen molar-refractivity contribution in [3.05, 3.63) is 28.5 Å². The van der Waals surface area contributed by atoms with Gasteiger partial charge in [0, 0.05) is 6.20 Å². The molecule has 4 heteroatoms. The van der Waals surface area contributed by atoms with Crippen molar-refractivity contribution < 1.29 is 9.53 Å². The molecule has 18 heavy (non-hydrogen) atoms. The van der Waals surface area contributed by atoms with Gasteiger partial charge in [0.05, 0.1) is 5.56 Å². The molecule has 98 valence electrons. The lowest BCUT2D eigenvalue weighted by molar-refractivity contribution is 0.00864. The third-order valence-corrected chi connectivity index (χ3v) is 4.43. The molecule has 3 atom stereocenters. The molecule has 0 bridgehead atoms. The van der Waals surface area contributed by atoms with Crippen LogP contribution in [0.2, 0.25) is 0 Å². The van der Waals surface area contributed by atoms with Crippen LogP contribution in [0.1, 0.15) is 43.5 Å². The van der Waals surface area contributed by atoms with Crippen LogP contribution in [0.15, 0.2) is 22.9 Å². The standard InChI is InChI=1S/C14H18BrNO2/c1-9-5-6-11(8-10(9)2)18-14(17)12-4-3-7-16-13(12)15/h3-4,7,9-11H,5-6,8H2,1-2H3. The number of halogens is 1. The molecule has 1 saturated carbocycles. The van der Waals surface area contributed by atoms with Crippen LogP contribution in [0, 0.1) is 11.8 Å². The largest absolute Gasteiger partial charge is 0.459 e. The van der Waals surface area contributed by atoms with Crippen LogP contribution < -0.4 is 0 Å². The van der Waals surface area contributed by atoms with Crippen molar-refractivity contribution in [3.63, 3.8) is 0 Å². The average molecular weight is 312 g/mol. The minimum absolute atomic E-state index is 0.0517. The van der Waals surface area contributed by atoms with Crippen molar-refractivity contribution in [3.8, 4) is 0 Å². The predicted molar refractivity (Wildman–Crippen MR) is 73.3 cm³/mol. The van der Waals surface area contributed by atoms with E-state index in [0.717, 1.165) is 25.2 Å². The molecule has 0 aliphatic heterocycles. The number of rotatable bonds is 2. The monoisotopic (exact) mass is 311 g/mol. The number of carbonyl (C=O) groups excluding carboxylic acids is 1. The van der Waals surface area contributed by atoms with E-state index in [1.807, 2.05) is 0 Å². The Morgan fingerprint density at radius 3 is 2.83 bits per heavy atom. The van der Waals surface area contributed by atoms with E-state index in [-0.39, 0.29) is 12.1 Å². The Balaban J connectivity index is 1.98. The van der Waals surface area contributed by atoms with Gasteiger partial charge < -0.3 is 4.74 Å². The quantitative estimate of drug-likeness (QED) is 0.615. The van der Waals surface area contributed by atoms with Crippen molar-refractivity contribution in [2.75, 3.05) is 0 Å². The Hall–Kier alpha value is -0.900. The van der Waals surface area contributed by atoms with Gasteiger partial charge in [0.2, 0.25) is 0 Å². The summed E-state index contributed by atoms with van der Waals surface area (Å²) >= 11 is 3.27. The summed E-state index contributed by atoms with van der Waals surface area (Å²) in [4.78, 5) is 16.1. The maximum atomic E-state index is 12.0. The van der Waals surface area contributed by atoms with Gasteiger partial charge in [-0.15, -0.1) is 0 Å². The van der Waals surface area contributed by atoms with Crippen LogP contribution in [-0.4, -0.2) is 17.1 Å². The topological polar surface area (TPSA) is 39.2 Å². The minimum atomic E-state index is -0.276. The van der Waals surface area contributed by atoms with Crippen molar-refractivity contribution >= 4 is 21.9 Å². The van der Waals surface area contributed by atoms with E-state index in [1.165, 1.54) is 0 Å². The maximum absolute atomic E-state index is 12.0. The lowest BCUT2D eigenvalue weighted by atomic mass is 9.80. The summed E-state index contributed by atoms with van der Waals surface area (Å²) in [6.07, 6.45) is 4.76. The second-order valence-corrected chi connectivity index (χ2v) is 5.89. The Bertz CT molecular complexity index is 436. The van der Waals surface area contributed by atoms with E-state index in [2.05, 4.69) is 34.8 Å². The molecule has 1 aliphatic rings. The lowest BCUT2D eigenvalue weighted by Gasteiger charge is -2.31. The number of pyridine rings is 1.